The number of rotatable bonds is 7. The van der Waals surface area contributed by atoms with Crippen LogP contribution in [0.1, 0.15) is 57.4 Å². The van der Waals surface area contributed by atoms with E-state index in [-0.39, 0.29) is 10.6 Å². The molecule has 0 spiro atoms. The number of nitro groups is 1. The van der Waals surface area contributed by atoms with Crippen LogP contribution in [-0.4, -0.2) is 9.49 Å². The summed E-state index contributed by atoms with van der Waals surface area (Å²) in [5.74, 6) is 0.486. The summed E-state index contributed by atoms with van der Waals surface area (Å²) >= 11 is 1.58. The molecule has 0 saturated carbocycles. The van der Waals surface area contributed by atoms with Crippen molar-refractivity contribution in [3.63, 3.8) is 0 Å². The highest BCUT2D eigenvalue weighted by molar-refractivity contribution is 7.07. The van der Waals surface area contributed by atoms with Crippen LogP contribution in [0, 0.1) is 10.1 Å². The van der Waals surface area contributed by atoms with Gasteiger partial charge >= 0.3 is 0 Å². The summed E-state index contributed by atoms with van der Waals surface area (Å²) in [6.45, 7) is 5.19. The first-order valence-electron chi connectivity index (χ1n) is 11.3. The quantitative estimate of drug-likeness (QED) is 0.216. The fourth-order valence-electron chi connectivity index (χ4n) is 4.08. The lowest BCUT2D eigenvalue weighted by Crippen LogP contribution is -2.16. The van der Waals surface area contributed by atoms with Gasteiger partial charge in [-0.1, -0.05) is 49.8 Å². The number of nitrogens with zero attached hydrogens (tertiary/aromatic N) is 3. The average Bonchev–Trinajstić information content (AvgIpc) is 3.21. The summed E-state index contributed by atoms with van der Waals surface area (Å²) < 4.78 is 2.22. The van der Waals surface area contributed by atoms with Gasteiger partial charge in [-0.15, -0.1) is 11.3 Å². The third kappa shape index (κ3) is 5.25. The second-order valence-corrected chi connectivity index (χ2v) is 9.42. The molecule has 0 radical (unpaired) electrons. The molecular formula is C26H29N3O2S. The summed E-state index contributed by atoms with van der Waals surface area (Å²) in [6, 6.07) is 15.3. The molecule has 1 aliphatic carbocycles. The minimum Gasteiger partial charge on any atom is -0.316 e. The zero-order valence-corrected chi connectivity index (χ0v) is 19.5. The minimum absolute atomic E-state index is 0.109. The van der Waals surface area contributed by atoms with E-state index in [1.165, 1.54) is 42.9 Å². The van der Waals surface area contributed by atoms with Gasteiger partial charge in [-0.25, -0.2) is 4.99 Å². The maximum Gasteiger partial charge on any atom is 0.270 e. The van der Waals surface area contributed by atoms with Crippen molar-refractivity contribution in [2.45, 2.75) is 58.4 Å². The Morgan fingerprint density at radius 3 is 2.66 bits per heavy atom. The summed E-state index contributed by atoms with van der Waals surface area (Å²) in [5.41, 5.74) is 5.67. The number of allylic oxidation sites excluding steroid dienone is 2. The lowest BCUT2D eigenvalue weighted by atomic mass is 9.97. The van der Waals surface area contributed by atoms with Crippen LogP contribution in [0.25, 0.3) is 11.3 Å². The Labute approximate surface area is 192 Å². The second kappa shape index (κ2) is 10.1. The Kier molecular flexibility index (Phi) is 7.00. The Morgan fingerprint density at radius 2 is 1.97 bits per heavy atom. The van der Waals surface area contributed by atoms with E-state index in [1.54, 1.807) is 23.5 Å². The van der Waals surface area contributed by atoms with Gasteiger partial charge < -0.3 is 4.57 Å². The molecule has 0 aliphatic heterocycles. The lowest BCUT2D eigenvalue weighted by Gasteiger charge is -2.14. The number of nitro benzene ring substituents is 1. The molecule has 166 valence electrons. The minimum atomic E-state index is -0.339. The number of aromatic nitrogens is 1. The molecule has 0 saturated heterocycles. The van der Waals surface area contributed by atoms with Crippen molar-refractivity contribution in [3.8, 4) is 11.3 Å². The SMILES string of the molecule is CC(C)c1ccc(N=c2scc(-c3cccc([N+](=O)[O-])c3)n2CCC2=CCCCC2)cc1. The van der Waals surface area contributed by atoms with Crippen LogP contribution in [-0.2, 0) is 6.54 Å². The van der Waals surface area contributed by atoms with Gasteiger partial charge in [0.05, 0.1) is 16.3 Å². The first-order valence-corrected chi connectivity index (χ1v) is 12.1. The Bertz CT molecular complexity index is 1190. The zero-order valence-electron chi connectivity index (χ0n) is 18.7. The molecule has 1 heterocycles. The van der Waals surface area contributed by atoms with Gasteiger partial charge in [0.25, 0.3) is 5.69 Å². The standard InChI is InChI=1S/C26H29N3O2S/c1-19(2)21-11-13-23(14-12-21)27-26-28(16-15-20-7-4-3-5-8-20)25(18-32-26)22-9-6-10-24(17-22)29(30)31/h6-7,9-14,17-19H,3-5,8,15-16H2,1-2H3. The molecule has 2 aromatic carbocycles. The number of thiazole rings is 1. The van der Waals surface area contributed by atoms with Crippen molar-refractivity contribution in [1.29, 1.82) is 0 Å². The molecule has 0 amide bonds. The van der Waals surface area contributed by atoms with Crippen molar-refractivity contribution < 1.29 is 4.92 Å². The fourth-order valence-corrected chi connectivity index (χ4v) is 5.03. The first-order chi connectivity index (χ1) is 15.5. The van der Waals surface area contributed by atoms with E-state index in [2.05, 4.69) is 54.1 Å². The van der Waals surface area contributed by atoms with Gasteiger partial charge in [0.2, 0.25) is 0 Å². The molecule has 0 fully saturated rings. The predicted octanol–water partition coefficient (Wildman–Crippen LogP) is 7.37. The third-order valence-electron chi connectivity index (χ3n) is 5.98. The van der Waals surface area contributed by atoms with E-state index in [4.69, 9.17) is 4.99 Å². The predicted molar refractivity (Wildman–Crippen MR) is 131 cm³/mol. The average molecular weight is 448 g/mol. The Balaban J connectivity index is 1.73. The van der Waals surface area contributed by atoms with Gasteiger partial charge in [0.1, 0.15) is 0 Å². The summed E-state index contributed by atoms with van der Waals surface area (Å²) in [6.07, 6.45) is 8.24. The molecule has 0 atom stereocenters. The van der Waals surface area contributed by atoms with Crippen LogP contribution in [0.15, 0.2) is 70.6 Å². The molecule has 32 heavy (non-hydrogen) atoms. The molecule has 3 aromatic rings. The van der Waals surface area contributed by atoms with Crippen molar-refractivity contribution in [3.05, 3.63) is 86.0 Å². The molecule has 1 aliphatic rings. The van der Waals surface area contributed by atoms with Gasteiger partial charge in [-0.3, -0.25) is 10.1 Å². The molecular weight excluding hydrogens is 418 g/mol. The molecule has 0 N–H and O–H groups in total. The third-order valence-corrected chi connectivity index (χ3v) is 6.84. The maximum absolute atomic E-state index is 11.3. The van der Waals surface area contributed by atoms with E-state index in [1.807, 2.05) is 6.07 Å². The topological polar surface area (TPSA) is 60.4 Å². The van der Waals surface area contributed by atoms with Crippen molar-refractivity contribution >= 4 is 22.7 Å². The van der Waals surface area contributed by atoms with E-state index in [0.29, 0.717) is 5.92 Å². The Hall–Kier alpha value is -2.99. The highest BCUT2D eigenvalue weighted by atomic mass is 32.1. The summed E-state index contributed by atoms with van der Waals surface area (Å²) in [7, 11) is 0. The largest absolute Gasteiger partial charge is 0.316 e. The fraction of sp³-hybridized carbons (Fsp3) is 0.346. The van der Waals surface area contributed by atoms with Crippen molar-refractivity contribution in [2.24, 2.45) is 4.99 Å². The molecule has 0 bridgehead atoms. The van der Waals surface area contributed by atoms with Gasteiger partial charge in [-0.05, 0) is 55.7 Å². The lowest BCUT2D eigenvalue weighted by molar-refractivity contribution is -0.384. The second-order valence-electron chi connectivity index (χ2n) is 8.58. The van der Waals surface area contributed by atoms with Crippen LogP contribution < -0.4 is 4.80 Å². The van der Waals surface area contributed by atoms with Crippen LogP contribution in [0.5, 0.6) is 0 Å². The molecule has 5 nitrogen and oxygen atoms in total. The molecule has 0 unspecified atom stereocenters. The molecule has 1 aromatic heterocycles. The number of hydrogen-bond acceptors (Lipinski definition) is 4. The van der Waals surface area contributed by atoms with Crippen LogP contribution >= 0.6 is 11.3 Å². The van der Waals surface area contributed by atoms with Crippen LogP contribution in [0.2, 0.25) is 0 Å². The number of hydrogen-bond donors (Lipinski definition) is 0. The van der Waals surface area contributed by atoms with Crippen LogP contribution in [0.4, 0.5) is 11.4 Å². The zero-order chi connectivity index (χ0) is 22.5. The van der Waals surface area contributed by atoms with E-state index in [9.17, 15) is 10.1 Å². The van der Waals surface area contributed by atoms with Gasteiger partial charge in [0, 0.05) is 29.6 Å². The maximum atomic E-state index is 11.3. The Morgan fingerprint density at radius 1 is 1.16 bits per heavy atom. The van der Waals surface area contributed by atoms with Crippen molar-refractivity contribution in [1.82, 2.24) is 4.57 Å². The molecule has 6 heteroatoms. The highest BCUT2D eigenvalue weighted by Gasteiger charge is 2.13. The number of non-ortho nitro benzene ring substituents is 1. The van der Waals surface area contributed by atoms with E-state index >= 15 is 0 Å². The smallest absolute Gasteiger partial charge is 0.270 e. The summed E-state index contributed by atoms with van der Waals surface area (Å²) in [4.78, 5) is 16.8. The van der Waals surface area contributed by atoms with Crippen LogP contribution in [0.3, 0.4) is 0 Å². The normalized spacial score (nSPS) is 14.6. The highest BCUT2D eigenvalue weighted by Crippen LogP contribution is 2.27. The molecule has 4 rings (SSSR count). The van der Waals surface area contributed by atoms with E-state index in [0.717, 1.165) is 34.7 Å². The monoisotopic (exact) mass is 447 g/mol. The summed E-state index contributed by atoms with van der Waals surface area (Å²) in [5, 5.41) is 13.4. The first kappa shape index (κ1) is 22.2. The number of benzene rings is 2. The van der Waals surface area contributed by atoms with Gasteiger partial charge in [0.15, 0.2) is 4.80 Å². The van der Waals surface area contributed by atoms with Gasteiger partial charge in [-0.2, -0.15) is 0 Å². The van der Waals surface area contributed by atoms with E-state index < -0.39 is 0 Å². The van der Waals surface area contributed by atoms with Crippen molar-refractivity contribution in [2.75, 3.05) is 0 Å².